The average Bonchev–Trinajstić information content (AvgIpc) is 2.76. The van der Waals surface area contributed by atoms with Crippen LogP contribution in [0.15, 0.2) is 41.1 Å². The predicted molar refractivity (Wildman–Crippen MR) is 126 cm³/mol. The van der Waals surface area contributed by atoms with Crippen molar-refractivity contribution in [2.45, 2.75) is 47.0 Å². The van der Waals surface area contributed by atoms with Gasteiger partial charge in [-0.25, -0.2) is 4.79 Å². The number of nitrogens with zero attached hydrogens (tertiary/aromatic N) is 2. The monoisotopic (exact) mass is 455 g/mol. The lowest BCUT2D eigenvalue weighted by molar-refractivity contribution is 0.123. The van der Waals surface area contributed by atoms with Gasteiger partial charge in [0.15, 0.2) is 0 Å². The summed E-state index contributed by atoms with van der Waals surface area (Å²) in [7, 11) is 0. The van der Waals surface area contributed by atoms with E-state index in [4.69, 9.17) is 14.2 Å². The summed E-state index contributed by atoms with van der Waals surface area (Å²) in [6, 6.07) is 0. The first-order valence-electron chi connectivity index (χ1n) is 11.4. The number of carbonyl (C=O) groups excluding carboxylic acids is 1. The second kappa shape index (κ2) is 20.5. The Morgan fingerprint density at radius 3 is 2.56 bits per heavy atom. The number of nitroso groups, excluding NO2 is 1. The van der Waals surface area contributed by atoms with Crippen molar-refractivity contribution in [1.29, 1.82) is 0 Å². The summed E-state index contributed by atoms with van der Waals surface area (Å²) in [6.07, 6.45) is 8.83. The number of hydrogen-bond acceptors (Lipinski definition) is 8. The second-order valence-corrected chi connectivity index (χ2v) is 7.35. The Balaban J connectivity index is 4.15. The van der Waals surface area contributed by atoms with Crippen molar-refractivity contribution in [2.24, 2.45) is 11.1 Å². The molecule has 9 heteroatoms. The number of alkyl carbamates (subject to hydrolysis) is 1. The molecule has 2 N–H and O–H groups in total. The van der Waals surface area contributed by atoms with Crippen LogP contribution in [0.25, 0.3) is 0 Å². The first kappa shape index (κ1) is 29.6. The van der Waals surface area contributed by atoms with E-state index >= 15 is 0 Å². The van der Waals surface area contributed by atoms with Gasteiger partial charge in [0, 0.05) is 32.6 Å². The first-order valence-corrected chi connectivity index (χ1v) is 11.4. The van der Waals surface area contributed by atoms with Gasteiger partial charge in [0.05, 0.1) is 19.8 Å². The maximum absolute atomic E-state index is 11.8. The summed E-state index contributed by atoms with van der Waals surface area (Å²) in [4.78, 5) is 24.6. The van der Waals surface area contributed by atoms with E-state index in [1.165, 1.54) is 0 Å². The molecule has 0 unspecified atom stereocenters. The van der Waals surface area contributed by atoms with Gasteiger partial charge in [-0.3, -0.25) is 4.90 Å². The molecule has 0 atom stereocenters. The minimum absolute atomic E-state index is 0.0118. The fourth-order valence-electron chi connectivity index (χ4n) is 2.68. The molecule has 0 spiro atoms. The number of rotatable bonds is 19. The highest BCUT2D eigenvalue weighted by Gasteiger charge is 2.06. The third kappa shape index (κ3) is 17.3. The first-order chi connectivity index (χ1) is 15.5. The minimum atomic E-state index is -0.466. The normalized spacial score (nSPS) is 12.5. The van der Waals surface area contributed by atoms with E-state index in [0.29, 0.717) is 45.1 Å². The number of ether oxygens (including phenoxy) is 3. The van der Waals surface area contributed by atoms with Gasteiger partial charge in [-0.15, -0.1) is 4.91 Å². The van der Waals surface area contributed by atoms with Crippen LogP contribution in [0, 0.1) is 10.8 Å². The molecule has 0 aromatic carbocycles. The number of carbonyl (C=O) groups is 1. The van der Waals surface area contributed by atoms with Crippen molar-refractivity contribution >= 4 is 6.09 Å². The molecule has 184 valence electrons. The van der Waals surface area contributed by atoms with Crippen molar-refractivity contribution in [2.75, 3.05) is 52.6 Å². The zero-order chi connectivity index (χ0) is 24.0. The van der Waals surface area contributed by atoms with Gasteiger partial charge in [0.25, 0.3) is 0 Å². The SMILES string of the molecule is CCO/C=C(/CCCCNC(=O)OCCN(C/C=C\C(=C/C(C)C)N=O)CCO)OCC. The Bertz CT molecular complexity index is 590. The average molecular weight is 456 g/mol. The molecule has 0 saturated heterocycles. The van der Waals surface area contributed by atoms with Crippen LogP contribution in [0.1, 0.15) is 47.0 Å². The smallest absolute Gasteiger partial charge is 0.407 e. The summed E-state index contributed by atoms with van der Waals surface area (Å²) in [5, 5.41) is 14.9. The molecule has 0 aromatic heterocycles. The van der Waals surface area contributed by atoms with Crippen LogP contribution in [0.2, 0.25) is 0 Å². The van der Waals surface area contributed by atoms with Crippen LogP contribution < -0.4 is 5.32 Å². The quantitative estimate of drug-likeness (QED) is 0.131. The fourth-order valence-corrected chi connectivity index (χ4v) is 2.68. The fraction of sp³-hybridized carbons (Fsp3) is 0.696. The maximum Gasteiger partial charge on any atom is 0.407 e. The number of aliphatic hydroxyl groups is 1. The molecule has 0 aliphatic heterocycles. The van der Waals surface area contributed by atoms with Crippen LogP contribution in [0.4, 0.5) is 4.79 Å². The molecular formula is C23H41N3O6. The van der Waals surface area contributed by atoms with Gasteiger partial charge >= 0.3 is 6.09 Å². The van der Waals surface area contributed by atoms with Crippen LogP contribution in [-0.4, -0.2) is 68.7 Å². The number of unbranched alkanes of at least 4 members (excludes halogenated alkanes) is 1. The van der Waals surface area contributed by atoms with Crippen LogP contribution in [-0.2, 0) is 14.2 Å². The lowest BCUT2D eigenvalue weighted by Gasteiger charge is -2.19. The molecule has 0 aliphatic rings. The van der Waals surface area contributed by atoms with Crippen molar-refractivity contribution in [1.82, 2.24) is 10.2 Å². The molecule has 0 aliphatic carbocycles. The van der Waals surface area contributed by atoms with E-state index in [1.807, 2.05) is 38.7 Å². The number of allylic oxidation sites excluding steroid dienone is 3. The van der Waals surface area contributed by atoms with Crippen molar-refractivity contribution in [3.8, 4) is 0 Å². The van der Waals surface area contributed by atoms with Gasteiger partial charge in [-0.05, 0) is 43.9 Å². The summed E-state index contributed by atoms with van der Waals surface area (Å²) in [5.41, 5.74) is 0.376. The van der Waals surface area contributed by atoms with Crippen LogP contribution in [0.3, 0.4) is 0 Å². The van der Waals surface area contributed by atoms with Gasteiger partial charge in [0.2, 0.25) is 0 Å². The largest absolute Gasteiger partial charge is 0.498 e. The second-order valence-electron chi connectivity index (χ2n) is 7.35. The molecule has 32 heavy (non-hydrogen) atoms. The molecule has 0 radical (unpaired) electrons. The van der Waals surface area contributed by atoms with E-state index in [1.54, 1.807) is 18.4 Å². The zero-order valence-electron chi connectivity index (χ0n) is 20.0. The molecule has 0 saturated carbocycles. The molecule has 0 heterocycles. The Morgan fingerprint density at radius 1 is 1.16 bits per heavy atom. The van der Waals surface area contributed by atoms with E-state index < -0.39 is 6.09 Å². The van der Waals surface area contributed by atoms with E-state index in [2.05, 4.69) is 10.5 Å². The predicted octanol–water partition coefficient (Wildman–Crippen LogP) is 3.95. The number of nitrogens with one attached hydrogen (secondary N) is 1. The molecule has 0 rings (SSSR count). The van der Waals surface area contributed by atoms with Gasteiger partial charge in [-0.2, -0.15) is 0 Å². The van der Waals surface area contributed by atoms with E-state index in [0.717, 1.165) is 25.0 Å². The summed E-state index contributed by atoms with van der Waals surface area (Å²) < 4.78 is 16.0. The Kier molecular flexibility index (Phi) is 19.0. The highest BCUT2D eigenvalue weighted by molar-refractivity contribution is 5.66. The minimum Gasteiger partial charge on any atom is -0.498 e. The third-order valence-corrected chi connectivity index (χ3v) is 4.15. The number of amides is 1. The number of aliphatic hydroxyl groups excluding tert-OH is 1. The lowest BCUT2D eigenvalue weighted by Crippen LogP contribution is -2.33. The van der Waals surface area contributed by atoms with Crippen molar-refractivity contribution in [3.63, 3.8) is 0 Å². The van der Waals surface area contributed by atoms with Crippen molar-refractivity contribution in [3.05, 3.63) is 40.9 Å². The molecule has 0 bridgehead atoms. The summed E-state index contributed by atoms with van der Waals surface area (Å²) in [6.45, 7) is 11.1. The standard InChI is InChI=1S/C23H41N3O6/c1-5-30-19-22(31-6-2)11-7-8-12-24-23(28)32-17-15-26(14-16-27)13-9-10-21(25-29)18-20(3)4/h9-10,18-20,27H,5-8,11-17H2,1-4H3,(H,24,28)/b10-9-,21-18+,22-19-. The van der Waals surface area contributed by atoms with Gasteiger partial charge in [0.1, 0.15) is 24.3 Å². The lowest BCUT2D eigenvalue weighted by atomic mass is 10.2. The summed E-state index contributed by atoms with van der Waals surface area (Å²) in [5.74, 6) is 1.04. The van der Waals surface area contributed by atoms with Crippen LogP contribution in [0.5, 0.6) is 0 Å². The van der Waals surface area contributed by atoms with Gasteiger partial charge in [-0.1, -0.05) is 26.0 Å². The van der Waals surface area contributed by atoms with Gasteiger partial charge < -0.3 is 24.6 Å². The molecule has 0 fully saturated rings. The van der Waals surface area contributed by atoms with E-state index in [-0.39, 0.29) is 19.1 Å². The molecule has 9 nitrogen and oxygen atoms in total. The molecule has 1 amide bonds. The van der Waals surface area contributed by atoms with E-state index in [9.17, 15) is 14.8 Å². The Morgan fingerprint density at radius 2 is 1.94 bits per heavy atom. The molecular weight excluding hydrogens is 414 g/mol. The Hall–Kier alpha value is -2.39. The summed E-state index contributed by atoms with van der Waals surface area (Å²) >= 11 is 0. The third-order valence-electron chi connectivity index (χ3n) is 4.15. The maximum atomic E-state index is 11.8. The Labute approximate surface area is 192 Å². The number of hydrogen-bond donors (Lipinski definition) is 2. The van der Waals surface area contributed by atoms with Crippen molar-refractivity contribution < 1.29 is 24.1 Å². The highest BCUT2D eigenvalue weighted by atomic mass is 16.5. The van der Waals surface area contributed by atoms with Crippen LogP contribution >= 0.6 is 0 Å². The zero-order valence-corrected chi connectivity index (χ0v) is 20.0. The molecule has 0 aromatic rings. The highest BCUT2D eigenvalue weighted by Crippen LogP contribution is 2.09. The topological polar surface area (TPSA) is 110 Å².